The summed E-state index contributed by atoms with van der Waals surface area (Å²) in [5.41, 5.74) is 0.827. The number of aromatic amines is 1. The van der Waals surface area contributed by atoms with Crippen LogP contribution in [0.4, 0.5) is 13.9 Å². The number of aryl methyl sites for hydroxylation is 1. The van der Waals surface area contributed by atoms with Crippen molar-refractivity contribution in [1.29, 1.82) is 0 Å². The summed E-state index contributed by atoms with van der Waals surface area (Å²) in [5, 5.41) is 3.36. The van der Waals surface area contributed by atoms with E-state index in [1.54, 1.807) is 19.1 Å². The van der Waals surface area contributed by atoms with Crippen LogP contribution in [-0.4, -0.2) is 27.1 Å². The van der Waals surface area contributed by atoms with E-state index in [1.807, 2.05) is 6.92 Å². The summed E-state index contributed by atoms with van der Waals surface area (Å²) in [5.74, 6) is -0.423. The third-order valence-corrected chi connectivity index (χ3v) is 5.82. The number of anilines is 1. The van der Waals surface area contributed by atoms with Gasteiger partial charge in [-0.15, -0.1) is 11.3 Å². The molecular formula is C22H18F2N4O4S. The summed E-state index contributed by atoms with van der Waals surface area (Å²) >= 11 is 1.26. The van der Waals surface area contributed by atoms with Crippen molar-refractivity contribution in [3.8, 4) is 17.0 Å². The van der Waals surface area contributed by atoms with Gasteiger partial charge in [-0.05, 0) is 56.3 Å². The predicted octanol–water partition coefficient (Wildman–Crippen LogP) is 4.00. The van der Waals surface area contributed by atoms with Crippen LogP contribution < -0.4 is 21.3 Å². The van der Waals surface area contributed by atoms with Gasteiger partial charge in [0.25, 0.3) is 11.5 Å². The van der Waals surface area contributed by atoms with Gasteiger partial charge < -0.3 is 9.72 Å². The van der Waals surface area contributed by atoms with Crippen LogP contribution >= 0.6 is 11.3 Å². The maximum Gasteiger partial charge on any atom is 0.387 e. The van der Waals surface area contributed by atoms with Crippen molar-refractivity contribution in [2.24, 2.45) is 0 Å². The first-order chi connectivity index (χ1) is 15.8. The minimum Gasteiger partial charge on any atom is -0.435 e. The molecule has 0 unspecified atom stereocenters. The molecule has 0 aliphatic heterocycles. The second-order valence-corrected chi connectivity index (χ2v) is 8.22. The van der Waals surface area contributed by atoms with E-state index < -0.39 is 23.8 Å². The van der Waals surface area contributed by atoms with Gasteiger partial charge in [0.05, 0.1) is 16.6 Å². The van der Waals surface area contributed by atoms with Crippen molar-refractivity contribution in [2.75, 3.05) is 5.32 Å². The fourth-order valence-corrected chi connectivity index (χ4v) is 4.20. The second-order valence-electron chi connectivity index (χ2n) is 7.02. The molecular weight excluding hydrogens is 454 g/mol. The van der Waals surface area contributed by atoms with Crippen LogP contribution in [0.15, 0.2) is 52.1 Å². The smallest absolute Gasteiger partial charge is 0.387 e. The number of alkyl halides is 2. The number of thiazole rings is 1. The van der Waals surface area contributed by atoms with E-state index in [0.717, 1.165) is 9.44 Å². The Balaban J connectivity index is 1.57. The summed E-state index contributed by atoms with van der Waals surface area (Å²) in [6, 6.07) is 10.5. The Morgan fingerprint density at radius 3 is 2.61 bits per heavy atom. The zero-order valence-corrected chi connectivity index (χ0v) is 18.3. The molecule has 2 heterocycles. The molecule has 2 aromatic heterocycles. The van der Waals surface area contributed by atoms with Crippen LogP contribution in [0.3, 0.4) is 0 Å². The van der Waals surface area contributed by atoms with Crippen LogP contribution in [-0.2, 0) is 6.54 Å². The Morgan fingerprint density at radius 2 is 1.94 bits per heavy atom. The second kappa shape index (κ2) is 8.94. The number of carbonyl (C=O) groups excluding carboxylic acids is 1. The standard InChI is InChI=1S/C22H18F2N4O4S/c1-3-28-19(30)15-9-6-13(10-16(15)25-22(28)31)18(29)27-21-26-17(11(2)33-21)12-4-7-14(8-5-12)32-20(23)24/h4-10,20H,3H2,1-2H3,(H,25,31)(H,26,27,29). The number of nitrogens with one attached hydrogen (secondary N) is 2. The molecule has 8 nitrogen and oxygen atoms in total. The van der Waals surface area contributed by atoms with Crippen LogP contribution in [0.5, 0.6) is 5.75 Å². The number of nitrogens with zero attached hydrogens (tertiary/aromatic N) is 2. The molecule has 4 aromatic rings. The first-order valence-electron chi connectivity index (χ1n) is 9.87. The quantitative estimate of drug-likeness (QED) is 0.441. The number of carbonyl (C=O) groups is 1. The van der Waals surface area contributed by atoms with Crippen LogP contribution in [0.1, 0.15) is 22.2 Å². The lowest BCUT2D eigenvalue weighted by Crippen LogP contribution is -2.34. The zero-order chi connectivity index (χ0) is 23.7. The van der Waals surface area contributed by atoms with Crippen molar-refractivity contribution in [1.82, 2.24) is 14.5 Å². The molecule has 1 amide bonds. The van der Waals surface area contributed by atoms with Gasteiger partial charge in [-0.1, -0.05) is 0 Å². The lowest BCUT2D eigenvalue weighted by molar-refractivity contribution is -0.0498. The van der Waals surface area contributed by atoms with Crippen molar-refractivity contribution in [3.05, 3.63) is 73.7 Å². The van der Waals surface area contributed by atoms with Gasteiger partial charge in [-0.2, -0.15) is 8.78 Å². The summed E-state index contributed by atoms with van der Waals surface area (Å²) in [4.78, 5) is 45.1. The fraction of sp³-hybridized carbons (Fsp3) is 0.182. The average molecular weight is 472 g/mol. The largest absolute Gasteiger partial charge is 0.435 e. The van der Waals surface area contributed by atoms with Crippen LogP contribution in [0.25, 0.3) is 22.2 Å². The number of rotatable bonds is 6. The van der Waals surface area contributed by atoms with E-state index in [2.05, 4.69) is 20.0 Å². The highest BCUT2D eigenvalue weighted by atomic mass is 32.1. The SMILES string of the molecule is CCn1c(=O)[nH]c2cc(C(=O)Nc3nc(-c4ccc(OC(F)F)cc4)c(C)s3)ccc2c1=O. The maximum absolute atomic E-state index is 12.7. The number of hydrogen-bond donors (Lipinski definition) is 2. The van der Waals surface area contributed by atoms with Gasteiger partial charge in [-0.25, -0.2) is 9.78 Å². The Morgan fingerprint density at radius 1 is 1.21 bits per heavy atom. The molecule has 0 spiro atoms. The molecule has 0 aliphatic carbocycles. The minimum absolute atomic E-state index is 0.0372. The van der Waals surface area contributed by atoms with Crippen LogP contribution in [0, 0.1) is 6.92 Å². The number of benzene rings is 2. The first-order valence-corrected chi connectivity index (χ1v) is 10.7. The maximum atomic E-state index is 12.7. The van der Waals surface area contributed by atoms with Gasteiger partial charge in [0, 0.05) is 22.5 Å². The lowest BCUT2D eigenvalue weighted by atomic mass is 10.1. The lowest BCUT2D eigenvalue weighted by Gasteiger charge is -2.06. The van der Waals surface area contributed by atoms with Gasteiger partial charge >= 0.3 is 12.3 Å². The number of aromatic nitrogens is 3. The average Bonchev–Trinajstić information content (AvgIpc) is 3.13. The topological polar surface area (TPSA) is 106 Å². The van der Waals surface area contributed by atoms with E-state index in [1.165, 1.54) is 41.7 Å². The Hall–Kier alpha value is -3.86. The van der Waals surface area contributed by atoms with E-state index in [-0.39, 0.29) is 23.4 Å². The molecule has 0 fully saturated rings. The highest BCUT2D eigenvalue weighted by molar-refractivity contribution is 7.16. The van der Waals surface area contributed by atoms with E-state index in [9.17, 15) is 23.2 Å². The van der Waals surface area contributed by atoms with Gasteiger partial charge in [0.15, 0.2) is 5.13 Å². The minimum atomic E-state index is -2.90. The van der Waals surface area contributed by atoms with Crippen molar-refractivity contribution < 1.29 is 18.3 Å². The zero-order valence-electron chi connectivity index (χ0n) is 17.5. The Bertz CT molecular complexity index is 1460. The van der Waals surface area contributed by atoms with Gasteiger partial charge in [0.2, 0.25) is 0 Å². The molecule has 0 radical (unpaired) electrons. The molecule has 0 saturated heterocycles. The number of halogens is 2. The van der Waals surface area contributed by atoms with Crippen molar-refractivity contribution in [2.45, 2.75) is 27.0 Å². The van der Waals surface area contributed by atoms with Crippen molar-refractivity contribution in [3.63, 3.8) is 0 Å². The van der Waals surface area contributed by atoms with Gasteiger partial charge in [-0.3, -0.25) is 19.5 Å². The molecule has 0 saturated carbocycles. The van der Waals surface area contributed by atoms with Crippen LogP contribution in [0.2, 0.25) is 0 Å². The Kier molecular flexibility index (Phi) is 6.05. The summed E-state index contributed by atoms with van der Waals surface area (Å²) in [6.07, 6.45) is 0. The summed E-state index contributed by atoms with van der Waals surface area (Å²) in [7, 11) is 0. The van der Waals surface area contributed by atoms with E-state index in [4.69, 9.17) is 0 Å². The third kappa shape index (κ3) is 4.53. The number of hydrogen-bond acceptors (Lipinski definition) is 6. The molecule has 2 aromatic carbocycles. The summed E-state index contributed by atoms with van der Waals surface area (Å²) in [6.45, 7) is 0.852. The molecule has 2 N–H and O–H groups in total. The number of amides is 1. The summed E-state index contributed by atoms with van der Waals surface area (Å²) < 4.78 is 30.1. The molecule has 11 heteroatoms. The monoisotopic (exact) mass is 472 g/mol. The van der Waals surface area contributed by atoms with Gasteiger partial charge in [0.1, 0.15) is 5.75 Å². The number of H-pyrrole nitrogens is 1. The normalized spacial score (nSPS) is 11.2. The molecule has 0 atom stereocenters. The number of ether oxygens (including phenoxy) is 1. The van der Waals surface area contributed by atoms with E-state index >= 15 is 0 Å². The number of fused-ring (bicyclic) bond motifs is 1. The van der Waals surface area contributed by atoms with Crippen molar-refractivity contribution >= 4 is 33.3 Å². The molecule has 33 heavy (non-hydrogen) atoms. The molecule has 4 rings (SSSR count). The highest BCUT2D eigenvalue weighted by Crippen LogP contribution is 2.31. The molecule has 0 aliphatic rings. The van der Waals surface area contributed by atoms with E-state index in [0.29, 0.717) is 21.8 Å². The molecule has 170 valence electrons. The third-order valence-electron chi connectivity index (χ3n) is 4.93. The Labute approximate surface area is 189 Å². The first kappa shape index (κ1) is 22.3. The highest BCUT2D eigenvalue weighted by Gasteiger charge is 2.15. The molecule has 0 bridgehead atoms. The predicted molar refractivity (Wildman–Crippen MR) is 121 cm³/mol. The fourth-order valence-electron chi connectivity index (χ4n) is 3.36.